The third-order valence-electron chi connectivity index (χ3n) is 6.05. The van der Waals surface area contributed by atoms with E-state index in [9.17, 15) is 27.6 Å². The van der Waals surface area contributed by atoms with E-state index in [1.165, 1.54) is 9.80 Å². The third kappa shape index (κ3) is 5.47. The number of amides is 2. The fourth-order valence-corrected chi connectivity index (χ4v) is 4.14. The maximum absolute atomic E-state index is 13.8. The van der Waals surface area contributed by atoms with Crippen LogP contribution in [0, 0.1) is 17.5 Å². The number of nitrogens with zero attached hydrogens (tertiary/aromatic N) is 2. The summed E-state index contributed by atoms with van der Waals surface area (Å²) >= 11 is 0. The molecule has 1 atom stereocenters. The second-order valence-corrected chi connectivity index (χ2v) is 8.25. The lowest BCUT2D eigenvalue weighted by Crippen LogP contribution is -2.51. The van der Waals surface area contributed by atoms with Crippen LogP contribution in [0.1, 0.15) is 24.0 Å². The van der Waals surface area contributed by atoms with Crippen molar-refractivity contribution in [2.45, 2.75) is 31.5 Å². The molecule has 1 unspecified atom stereocenters. The van der Waals surface area contributed by atoms with Gasteiger partial charge in [-0.25, -0.2) is 22.8 Å². The highest BCUT2D eigenvalue weighted by atomic mass is 19.2. The summed E-state index contributed by atoms with van der Waals surface area (Å²) in [6, 6.07) is 9.79. The van der Waals surface area contributed by atoms with E-state index in [-0.39, 0.29) is 37.9 Å². The Bertz CT molecular complexity index is 1130. The second kappa shape index (κ2) is 10.6. The topological polar surface area (TPSA) is 76.2 Å². The summed E-state index contributed by atoms with van der Waals surface area (Å²) in [4.78, 5) is 40.3. The maximum Gasteiger partial charge on any atom is 0.410 e. The molecule has 0 aromatic heterocycles. The Hall–Kier alpha value is -3.82. The number of halogens is 3. The molecule has 0 aliphatic carbocycles. The predicted octanol–water partition coefficient (Wildman–Crippen LogP) is 3.67. The van der Waals surface area contributed by atoms with Gasteiger partial charge in [0.25, 0.3) is 0 Å². The Labute approximate surface area is 199 Å². The minimum Gasteiger partial charge on any atom is -0.459 e. The van der Waals surface area contributed by atoms with Crippen LogP contribution in [0.15, 0.2) is 48.5 Å². The van der Waals surface area contributed by atoms with Gasteiger partial charge in [0.2, 0.25) is 5.91 Å². The fourth-order valence-electron chi connectivity index (χ4n) is 4.14. The second-order valence-electron chi connectivity index (χ2n) is 8.25. The van der Waals surface area contributed by atoms with Crippen molar-refractivity contribution in [1.29, 1.82) is 0 Å². The molecule has 2 amide bonds. The highest BCUT2D eigenvalue weighted by molar-refractivity contribution is 5.92. The van der Waals surface area contributed by atoms with Crippen molar-refractivity contribution in [3.8, 4) is 0 Å². The van der Waals surface area contributed by atoms with E-state index in [2.05, 4.69) is 0 Å². The number of hydrogen-bond donors (Lipinski definition) is 0. The van der Waals surface area contributed by atoms with Gasteiger partial charge >= 0.3 is 12.1 Å². The Morgan fingerprint density at radius 3 is 2.46 bits per heavy atom. The van der Waals surface area contributed by atoms with Gasteiger partial charge in [-0.1, -0.05) is 30.3 Å². The predicted molar refractivity (Wildman–Crippen MR) is 118 cm³/mol. The smallest absolute Gasteiger partial charge is 0.410 e. The van der Waals surface area contributed by atoms with Crippen LogP contribution in [0.3, 0.4) is 0 Å². The number of ether oxygens (including phenoxy) is 2. The van der Waals surface area contributed by atoms with Crippen LogP contribution in [0.4, 0.5) is 18.0 Å². The first-order chi connectivity index (χ1) is 16.8. The quantitative estimate of drug-likeness (QED) is 0.352. The van der Waals surface area contributed by atoms with Crippen LogP contribution in [-0.2, 0) is 25.7 Å². The van der Waals surface area contributed by atoms with Crippen LogP contribution in [0.5, 0.6) is 0 Å². The molecule has 2 fully saturated rings. The zero-order valence-electron chi connectivity index (χ0n) is 18.7. The highest BCUT2D eigenvalue weighted by Crippen LogP contribution is 2.25. The van der Waals surface area contributed by atoms with Crippen LogP contribution in [-0.4, -0.2) is 59.5 Å². The van der Waals surface area contributed by atoms with E-state index in [4.69, 9.17) is 9.47 Å². The van der Waals surface area contributed by atoms with Gasteiger partial charge in [-0.3, -0.25) is 9.69 Å². The van der Waals surface area contributed by atoms with Crippen molar-refractivity contribution in [3.63, 3.8) is 0 Å². The van der Waals surface area contributed by atoms with Crippen molar-refractivity contribution in [2.75, 3.05) is 19.7 Å². The van der Waals surface area contributed by atoms with Crippen LogP contribution < -0.4 is 0 Å². The normalized spacial score (nSPS) is 18.7. The number of esters is 1. The SMILES string of the molecule is O=C(OCc1ccccc1)C1COC(=O)N1C1CCN(C(=O)C=Cc2ccc(F)c(F)c2F)CC1. The van der Waals surface area contributed by atoms with Crippen molar-refractivity contribution < 1.29 is 37.0 Å². The van der Waals surface area contributed by atoms with E-state index in [0.29, 0.717) is 12.8 Å². The van der Waals surface area contributed by atoms with E-state index in [1.807, 2.05) is 30.3 Å². The molecule has 4 rings (SSSR count). The van der Waals surface area contributed by atoms with Crippen molar-refractivity contribution in [2.24, 2.45) is 0 Å². The lowest BCUT2D eigenvalue weighted by Gasteiger charge is -2.36. The number of benzene rings is 2. The number of carbonyl (C=O) groups excluding carboxylic acids is 3. The molecular formula is C25H23F3N2O5. The van der Waals surface area contributed by atoms with Crippen LogP contribution in [0.25, 0.3) is 6.08 Å². The molecule has 2 heterocycles. The number of cyclic esters (lactones) is 1. The number of hydrogen-bond acceptors (Lipinski definition) is 5. The highest BCUT2D eigenvalue weighted by Gasteiger charge is 2.44. The van der Waals surface area contributed by atoms with Gasteiger partial charge in [0.15, 0.2) is 23.5 Å². The van der Waals surface area contributed by atoms with Gasteiger partial charge in [0, 0.05) is 30.8 Å². The minimum atomic E-state index is -1.60. The largest absolute Gasteiger partial charge is 0.459 e. The molecule has 2 saturated heterocycles. The summed E-state index contributed by atoms with van der Waals surface area (Å²) in [5, 5.41) is 0. The minimum absolute atomic E-state index is 0.0794. The van der Waals surface area contributed by atoms with Gasteiger partial charge in [-0.2, -0.15) is 0 Å². The average molecular weight is 488 g/mol. The summed E-state index contributed by atoms with van der Waals surface area (Å²) in [5.41, 5.74) is 0.574. The third-order valence-corrected chi connectivity index (χ3v) is 6.05. The number of piperidine rings is 1. The molecule has 0 spiro atoms. The molecule has 0 radical (unpaired) electrons. The number of likely N-dealkylation sites (tertiary alicyclic amines) is 1. The molecule has 35 heavy (non-hydrogen) atoms. The summed E-state index contributed by atoms with van der Waals surface area (Å²) in [6.07, 6.45) is 2.37. The zero-order chi connectivity index (χ0) is 24.9. The van der Waals surface area contributed by atoms with Crippen LogP contribution in [0.2, 0.25) is 0 Å². The first-order valence-corrected chi connectivity index (χ1v) is 11.1. The van der Waals surface area contributed by atoms with Gasteiger partial charge < -0.3 is 14.4 Å². The molecule has 0 N–H and O–H groups in total. The fraction of sp³-hybridized carbons (Fsp3) is 0.320. The molecule has 2 aliphatic rings. The van der Waals surface area contributed by atoms with E-state index >= 15 is 0 Å². The Morgan fingerprint density at radius 2 is 1.74 bits per heavy atom. The molecule has 2 aromatic carbocycles. The molecule has 2 aromatic rings. The summed E-state index contributed by atoms with van der Waals surface area (Å²) in [6.45, 7) is 0.539. The summed E-state index contributed by atoms with van der Waals surface area (Å²) in [7, 11) is 0. The number of carbonyl (C=O) groups is 3. The average Bonchev–Trinajstić information content (AvgIpc) is 3.27. The first-order valence-electron chi connectivity index (χ1n) is 11.1. The van der Waals surface area contributed by atoms with Gasteiger partial charge in [0.1, 0.15) is 13.2 Å². The molecule has 0 bridgehead atoms. The lowest BCUT2D eigenvalue weighted by atomic mass is 10.0. The standard InChI is InChI=1S/C25H23F3N2O5/c26-19-8-6-17(22(27)23(19)28)7-9-21(31)29-12-10-18(11-13-29)30-20(15-35-25(30)33)24(32)34-14-16-4-2-1-3-5-16/h1-9,18,20H,10-15H2. The van der Waals surface area contributed by atoms with E-state index in [1.54, 1.807) is 0 Å². The van der Waals surface area contributed by atoms with Crippen molar-refractivity contribution >= 4 is 24.0 Å². The maximum atomic E-state index is 13.8. The molecule has 10 heteroatoms. The Kier molecular flexibility index (Phi) is 7.38. The molecule has 7 nitrogen and oxygen atoms in total. The molecular weight excluding hydrogens is 465 g/mol. The van der Waals surface area contributed by atoms with Gasteiger partial charge in [-0.05, 0) is 36.6 Å². The monoisotopic (exact) mass is 488 g/mol. The lowest BCUT2D eigenvalue weighted by molar-refractivity contribution is -0.150. The summed E-state index contributed by atoms with van der Waals surface area (Å²) < 4.78 is 50.7. The van der Waals surface area contributed by atoms with Gasteiger partial charge in [0.05, 0.1) is 0 Å². The Balaban J connectivity index is 1.32. The zero-order valence-corrected chi connectivity index (χ0v) is 18.7. The molecule has 2 aliphatic heterocycles. The number of rotatable bonds is 6. The summed E-state index contributed by atoms with van der Waals surface area (Å²) in [5.74, 6) is -5.28. The molecule has 0 saturated carbocycles. The van der Waals surface area contributed by atoms with E-state index < -0.39 is 41.5 Å². The van der Waals surface area contributed by atoms with Crippen LogP contribution >= 0.6 is 0 Å². The van der Waals surface area contributed by atoms with E-state index in [0.717, 1.165) is 29.8 Å². The Morgan fingerprint density at radius 1 is 1.03 bits per heavy atom. The van der Waals surface area contributed by atoms with Gasteiger partial charge in [-0.15, -0.1) is 0 Å². The van der Waals surface area contributed by atoms with Crippen molar-refractivity contribution in [1.82, 2.24) is 9.80 Å². The van der Waals surface area contributed by atoms with Crippen molar-refractivity contribution in [3.05, 3.63) is 77.1 Å². The molecule has 184 valence electrons. The first kappa shape index (κ1) is 24.3.